The fourth-order valence-electron chi connectivity index (χ4n) is 1.27. The second-order valence-electron chi connectivity index (χ2n) is 2.79. The monoisotopic (exact) mass is 245 g/mol. The Morgan fingerprint density at radius 2 is 1.94 bits per heavy atom. The molecule has 0 saturated heterocycles. The summed E-state index contributed by atoms with van der Waals surface area (Å²) in [7, 11) is 4.21. The van der Waals surface area contributed by atoms with Gasteiger partial charge in [-0.15, -0.1) is 0 Å². The molecule has 1 aromatic carbocycles. The first-order valence-electron chi connectivity index (χ1n) is 4.39. The Kier molecular flexibility index (Phi) is 4.39. The zero-order valence-electron chi connectivity index (χ0n) is 9.17. The fourth-order valence-corrected chi connectivity index (χ4v) is 1.50. The summed E-state index contributed by atoms with van der Waals surface area (Å²) >= 11 is 5.90. The largest absolute Gasteiger partial charge is 0.496 e. The maximum Gasteiger partial charge on any atom is 0.282 e. The maximum absolute atomic E-state index is 11.7. The lowest BCUT2D eigenvalue weighted by molar-refractivity contribution is 0.0532. The number of ether oxygens (including phenoxy) is 2. The molecule has 0 heterocycles. The predicted octanol–water partition coefficient (Wildman–Crippen LogP) is 1.65. The Bertz CT molecular complexity index is 395. The molecule has 1 rings (SSSR count). The van der Waals surface area contributed by atoms with Crippen molar-refractivity contribution in [1.29, 1.82) is 0 Å². The number of hydrogen-bond donors (Lipinski definition) is 1. The van der Waals surface area contributed by atoms with Gasteiger partial charge >= 0.3 is 0 Å². The number of halogens is 1. The molecule has 0 spiro atoms. The number of rotatable bonds is 4. The van der Waals surface area contributed by atoms with E-state index in [1.807, 2.05) is 0 Å². The average Bonchev–Trinajstić information content (AvgIpc) is 2.28. The zero-order chi connectivity index (χ0) is 12.1. The number of carbonyl (C=O) groups excluding carboxylic acids is 1. The second kappa shape index (κ2) is 5.58. The standard InChI is InChI=1S/C10H12ClNO4/c1-14-7-5-4-6(11)9(15-2)8(7)10(13)12-16-3/h4-5H,1-3H3,(H,12,13). The SMILES string of the molecule is CONC(=O)c1c(OC)ccc(Cl)c1OC. The van der Waals surface area contributed by atoms with Gasteiger partial charge in [0.25, 0.3) is 5.91 Å². The Balaban J connectivity index is 3.30. The maximum atomic E-state index is 11.7. The van der Waals surface area contributed by atoms with E-state index in [1.165, 1.54) is 21.3 Å². The highest BCUT2D eigenvalue weighted by Crippen LogP contribution is 2.35. The lowest BCUT2D eigenvalue weighted by Gasteiger charge is -2.13. The van der Waals surface area contributed by atoms with Crippen LogP contribution in [0.1, 0.15) is 10.4 Å². The molecule has 6 heteroatoms. The van der Waals surface area contributed by atoms with Crippen LogP contribution in [0.15, 0.2) is 12.1 Å². The summed E-state index contributed by atoms with van der Waals surface area (Å²) in [6, 6.07) is 3.16. The first-order valence-corrected chi connectivity index (χ1v) is 4.77. The topological polar surface area (TPSA) is 56.8 Å². The Morgan fingerprint density at radius 3 is 2.44 bits per heavy atom. The van der Waals surface area contributed by atoms with Crippen LogP contribution in [-0.4, -0.2) is 27.2 Å². The van der Waals surface area contributed by atoms with Crippen LogP contribution in [0.5, 0.6) is 11.5 Å². The molecule has 0 aliphatic heterocycles. The molecule has 0 bridgehead atoms. The number of nitrogens with one attached hydrogen (secondary N) is 1. The second-order valence-corrected chi connectivity index (χ2v) is 3.20. The van der Waals surface area contributed by atoms with Gasteiger partial charge in [-0.25, -0.2) is 5.48 Å². The summed E-state index contributed by atoms with van der Waals surface area (Å²) in [5, 5.41) is 0.324. The van der Waals surface area contributed by atoms with Crippen molar-refractivity contribution in [3.8, 4) is 11.5 Å². The van der Waals surface area contributed by atoms with Gasteiger partial charge in [0.15, 0.2) is 5.75 Å². The van der Waals surface area contributed by atoms with Crippen LogP contribution >= 0.6 is 11.6 Å². The van der Waals surface area contributed by atoms with Gasteiger partial charge in [0.2, 0.25) is 0 Å². The van der Waals surface area contributed by atoms with Gasteiger partial charge in [-0.05, 0) is 12.1 Å². The lowest BCUT2D eigenvalue weighted by atomic mass is 10.1. The molecule has 88 valence electrons. The van der Waals surface area contributed by atoms with Crippen LogP contribution in [0.2, 0.25) is 5.02 Å². The van der Waals surface area contributed by atoms with Crippen molar-refractivity contribution in [2.24, 2.45) is 0 Å². The average molecular weight is 246 g/mol. The number of carbonyl (C=O) groups is 1. The van der Waals surface area contributed by atoms with E-state index in [0.717, 1.165) is 0 Å². The van der Waals surface area contributed by atoms with E-state index in [9.17, 15) is 4.79 Å². The molecule has 0 saturated carbocycles. The Morgan fingerprint density at radius 1 is 1.25 bits per heavy atom. The van der Waals surface area contributed by atoms with Crippen LogP contribution in [-0.2, 0) is 4.84 Å². The summed E-state index contributed by atoms with van der Waals surface area (Å²) in [6.07, 6.45) is 0. The van der Waals surface area contributed by atoms with Gasteiger partial charge in [-0.2, -0.15) is 0 Å². The molecular formula is C10H12ClNO4. The summed E-state index contributed by atoms with van der Waals surface area (Å²) < 4.78 is 10.1. The molecule has 0 unspecified atom stereocenters. The van der Waals surface area contributed by atoms with E-state index >= 15 is 0 Å². The summed E-state index contributed by atoms with van der Waals surface area (Å²) in [4.78, 5) is 16.2. The number of amides is 1. The molecule has 0 aliphatic carbocycles. The third-order valence-electron chi connectivity index (χ3n) is 1.92. The zero-order valence-corrected chi connectivity index (χ0v) is 9.92. The van der Waals surface area contributed by atoms with Crippen LogP contribution in [0.4, 0.5) is 0 Å². The minimum Gasteiger partial charge on any atom is -0.496 e. The number of benzene rings is 1. The van der Waals surface area contributed by atoms with Crippen molar-refractivity contribution >= 4 is 17.5 Å². The molecule has 5 nitrogen and oxygen atoms in total. The summed E-state index contributed by atoms with van der Waals surface area (Å²) in [6.45, 7) is 0. The molecule has 1 aromatic rings. The van der Waals surface area contributed by atoms with Crippen LogP contribution in [0.3, 0.4) is 0 Å². The van der Waals surface area contributed by atoms with Crippen molar-refractivity contribution in [3.63, 3.8) is 0 Å². The third kappa shape index (κ3) is 2.37. The van der Waals surface area contributed by atoms with E-state index in [1.54, 1.807) is 12.1 Å². The minimum absolute atomic E-state index is 0.194. The molecule has 0 radical (unpaired) electrons. The lowest BCUT2D eigenvalue weighted by Crippen LogP contribution is -2.23. The van der Waals surface area contributed by atoms with Crippen LogP contribution < -0.4 is 15.0 Å². The molecule has 16 heavy (non-hydrogen) atoms. The van der Waals surface area contributed by atoms with Crippen molar-refractivity contribution in [2.45, 2.75) is 0 Å². The highest BCUT2D eigenvalue weighted by molar-refractivity contribution is 6.32. The molecule has 0 atom stereocenters. The first kappa shape index (κ1) is 12.6. The van der Waals surface area contributed by atoms with E-state index in [4.69, 9.17) is 21.1 Å². The predicted molar refractivity (Wildman–Crippen MR) is 59.0 cm³/mol. The Labute approximate surface area is 98.2 Å². The Hall–Kier alpha value is -1.46. The van der Waals surface area contributed by atoms with Gasteiger partial charge in [-0.3, -0.25) is 9.63 Å². The molecular weight excluding hydrogens is 234 g/mol. The minimum atomic E-state index is -0.487. The summed E-state index contributed by atoms with van der Waals surface area (Å²) in [5.41, 5.74) is 2.37. The van der Waals surface area contributed by atoms with Crippen molar-refractivity contribution in [3.05, 3.63) is 22.7 Å². The fraction of sp³-hybridized carbons (Fsp3) is 0.300. The van der Waals surface area contributed by atoms with E-state index < -0.39 is 5.91 Å². The smallest absolute Gasteiger partial charge is 0.282 e. The van der Waals surface area contributed by atoms with E-state index in [-0.39, 0.29) is 11.3 Å². The van der Waals surface area contributed by atoms with Crippen molar-refractivity contribution < 1.29 is 19.1 Å². The number of methoxy groups -OCH3 is 2. The van der Waals surface area contributed by atoms with Gasteiger partial charge in [0.05, 0.1) is 26.4 Å². The number of hydroxylamine groups is 1. The highest BCUT2D eigenvalue weighted by atomic mass is 35.5. The van der Waals surface area contributed by atoms with Gasteiger partial charge in [-0.1, -0.05) is 11.6 Å². The summed E-state index contributed by atoms with van der Waals surface area (Å²) in [5.74, 6) is 0.116. The molecule has 1 amide bonds. The normalized spacial score (nSPS) is 9.75. The van der Waals surface area contributed by atoms with Gasteiger partial charge in [0, 0.05) is 0 Å². The van der Waals surface area contributed by atoms with E-state index in [2.05, 4.69) is 10.3 Å². The third-order valence-corrected chi connectivity index (χ3v) is 2.21. The van der Waals surface area contributed by atoms with Crippen LogP contribution in [0, 0.1) is 0 Å². The van der Waals surface area contributed by atoms with Gasteiger partial charge in [0.1, 0.15) is 11.3 Å². The van der Waals surface area contributed by atoms with Crippen molar-refractivity contribution in [2.75, 3.05) is 21.3 Å². The number of hydrogen-bond acceptors (Lipinski definition) is 4. The molecule has 0 aliphatic rings. The van der Waals surface area contributed by atoms with Crippen LogP contribution in [0.25, 0.3) is 0 Å². The molecule has 0 aromatic heterocycles. The first-order chi connectivity index (χ1) is 7.65. The van der Waals surface area contributed by atoms with Gasteiger partial charge < -0.3 is 9.47 Å². The molecule has 1 N–H and O–H groups in total. The highest BCUT2D eigenvalue weighted by Gasteiger charge is 2.20. The quantitative estimate of drug-likeness (QED) is 0.820. The van der Waals surface area contributed by atoms with E-state index in [0.29, 0.717) is 10.8 Å². The van der Waals surface area contributed by atoms with Crippen molar-refractivity contribution in [1.82, 2.24) is 5.48 Å². The molecule has 0 fully saturated rings.